The van der Waals surface area contributed by atoms with Crippen LogP contribution in [0.25, 0.3) is 0 Å². The molecule has 0 aliphatic heterocycles. The Morgan fingerprint density at radius 1 is 1.59 bits per heavy atom. The van der Waals surface area contributed by atoms with Gasteiger partial charge in [0.25, 0.3) is 0 Å². The lowest BCUT2D eigenvalue weighted by molar-refractivity contribution is -0.120. The Morgan fingerprint density at radius 2 is 2.35 bits per heavy atom. The zero-order valence-electron chi connectivity index (χ0n) is 9.07. The zero-order chi connectivity index (χ0) is 12.7. The first kappa shape index (κ1) is 13.1. The van der Waals surface area contributed by atoms with Crippen molar-refractivity contribution in [2.24, 2.45) is 5.73 Å². The molecule has 90 valence electrons. The van der Waals surface area contributed by atoms with Crippen molar-refractivity contribution in [2.45, 2.75) is 0 Å². The highest BCUT2D eigenvalue weighted by molar-refractivity contribution is 5.91. The minimum Gasteiger partial charge on any atom is -0.370 e. The summed E-state index contributed by atoms with van der Waals surface area (Å²) >= 11 is 0. The number of nitrogens with one attached hydrogen (secondary N) is 1. The second-order valence-electron chi connectivity index (χ2n) is 3.20. The van der Waals surface area contributed by atoms with E-state index in [4.69, 9.17) is 15.7 Å². The van der Waals surface area contributed by atoms with Crippen molar-refractivity contribution < 1.29 is 13.9 Å². The molecule has 0 bridgehead atoms. The van der Waals surface area contributed by atoms with Gasteiger partial charge < -0.3 is 15.8 Å². The smallest absolute Gasteiger partial charge is 0.250 e. The van der Waals surface area contributed by atoms with Gasteiger partial charge in [-0.1, -0.05) is 0 Å². The van der Waals surface area contributed by atoms with Crippen molar-refractivity contribution in [3.8, 4) is 6.07 Å². The van der Waals surface area contributed by atoms with Gasteiger partial charge in [0.05, 0.1) is 23.9 Å². The quantitative estimate of drug-likeness (QED) is 0.734. The topological polar surface area (TPSA) is 88.1 Å². The van der Waals surface area contributed by atoms with Gasteiger partial charge in [-0.15, -0.1) is 0 Å². The maximum atomic E-state index is 13.4. The molecule has 0 saturated heterocycles. The lowest BCUT2D eigenvalue weighted by Gasteiger charge is -2.06. The molecule has 0 saturated carbocycles. The molecule has 1 aromatic carbocycles. The van der Waals surface area contributed by atoms with E-state index in [0.29, 0.717) is 6.54 Å². The van der Waals surface area contributed by atoms with Crippen molar-refractivity contribution in [3.63, 3.8) is 0 Å². The first-order valence-corrected chi connectivity index (χ1v) is 4.94. The molecule has 0 aromatic heterocycles. The molecule has 0 atom stereocenters. The van der Waals surface area contributed by atoms with Gasteiger partial charge in [-0.25, -0.2) is 4.39 Å². The highest BCUT2D eigenvalue weighted by Crippen LogP contribution is 2.15. The molecular formula is C11H12FN3O2. The molecule has 6 heteroatoms. The fourth-order valence-corrected chi connectivity index (χ4v) is 1.12. The molecule has 0 radical (unpaired) electrons. The van der Waals surface area contributed by atoms with Gasteiger partial charge in [0, 0.05) is 6.54 Å². The van der Waals surface area contributed by atoms with Crippen LogP contribution in [-0.2, 0) is 9.53 Å². The van der Waals surface area contributed by atoms with Gasteiger partial charge in [0.1, 0.15) is 12.4 Å². The number of hydrogen-bond donors (Lipinski definition) is 2. The molecule has 0 unspecified atom stereocenters. The first-order chi connectivity index (χ1) is 8.17. The van der Waals surface area contributed by atoms with E-state index in [1.54, 1.807) is 6.07 Å². The molecule has 3 N–H and O–H groups in total. The summed E-state index contributed by atoms with van der Waals surface area (Å²) in [6, 6.07) is 5.60. The third kappa shape index (κ3) is 4.18. The summed E-state index contributed by atoms with van der Waals surface area (Å²) in [5, 5.41) is 10.9. The standard InChI is InChI=1S/C11H12FN3O2/c12-9-5-8(6-14)1-2-10(9)15-11(16)7-17-4-3-13/h1-2,5H,3-4,7,13H2,(H,15,16). The maximum Gasteiger partial charge on any atom is 0.250 e. The highest BCUT2D eigenvalue weighted by atomic mass is 19.1. The number of ether oxygens (including phenoxy) is 1. The SMILES string of the molecule is N#Cc1ccc(NC(=O)COCCN)c(F)c1. The second kappa shape index (κ2) is 6.58. The zero-order valence-corrected chi connectivity index (χ0v) is 9.07. The number of rotatable bonds is 5. The number of nitrogens with zero attached hydrogens (tertiary/aromatic N) is 1. The number of nitriles is 1. The maximum absolute atomic E-state index is 13.4. The molecular weight excluding hydrogens is 225 g/mol. The Hall–Kier alpha value is -1.97. The summed E-state index contributed by atoms with van der Waals surface area (Å²) < 4.78 is 18.2. The van der Waals surface area contributed by atoms with Crippen LogP contribution in [0.15, 0.2) is 18.2 Å². The van der Waals surface area contributed by atoms with E-state index in [9.17, 15) is 9.18 Å². The molecule has 0 fully saturated rings. The predicted octanol–water partition coefficient (Wildman–Crippen LogP) is 0.611. The number of carbonyl (C=O) groups excluding carboxylic acids is 1. The number of benzene rings is 1. The fraction of sp³-hybridized carbons (Fsp3) is 0.273. The lowest BCUT2D eigenvalue weighted by atomic mass is 10.2. The van der Waals surface area contributed by atoms with Gasteiger partial charge in [0.2, 0.25) is 5.91 Å². The molecule has 0 aliphatic rings. The van der Waals surface area contributed by atoms with Crippen LogP contribution in [0.2, 0.25) is 0 Å². The van der Waals surface area contributed by atoms with E-state index in [-0.39, 0.29) is 24.5 Å². The summed E-state index contributed by atoms with van der Waals surface area (Å²) in [5.74, 6) is -1.13. The van der Waals surface area contributed by atoms with Crippen molar-refractivity contribution >= 4 is 11.6 Å². The summed E-state index contributed by atoms with van der Waals surface area (Å²) in [4.78, 5) is 11.3. The van der Waals surface area contributed by atoms with Crippen molar-refractivity contribution in [1.82, 2.24) is 0 Å². The van der Waals surface area contributed by atoms with E-state index in [0.717, 1.165) is 6.07 Å². The summed E-state index contributed by atoms with van der Waals surface area (Å²) in [7, 11) is 0. The summed E-state index contributed by atoms with van der Waals surface area (Å²) in [6.07, 6.45) is 0. The van der Waals surface area contributed by atoms with E-state index in [1.165, 1.54) is 12.1 Å². The molecule has 1 aromatic rings. The molecule has 1 rings (SSSR count). The molecule has 0 aliphatic carbocycles. The minimum atomic E-state index is -0.656. The van der Waals surface area contributed by atoms with Gasteiger partial charge >= 0.3 is 0 Å². The Labute approximate surface area is 98.0 Å². The fourth-order valence-electron chi connectivity index (χ4n) is 1.12. The summed E-state index contributed by atoms with van der Waals surface area (Å²) in [6.45, 7) is 0.401. The van der Waals surface area contributed by atoms with Gasteiger partial charge in [-0.05, 0) is 18.2 Å². The van der Waals surface area contributed by atoms with Crippen LogP contribution in [0.4, 0.5) is 10.1 Å². The number of hydrogen-bond acceptors (Lipinski definition) is 4. The number of nitrogens with two attached hydrogens (primary N) is 1. The monoisotopic (exact) mass is 237 g/mol. The van der Waals surface area contributed by atoms with E-state index < -0.39 is 11.7 Å². The number of carbonyl (C=O) groups is 1. The van der Waals surface area contributed by atoms with Crippen molar-refractivity contribution in [3.05, 3.63) is 29.6 Å². The number of anilines is 1. The van der Waals surface area contributed by atoms with Crippen LogP contribution in [-0.4, -0.2) is 25.7 Å². The van der Waals surface area contributed by atoms with Gasteiger partial charge in [-0.3, -0.25) is 4.79 Å². The van der Waals surface area contributed by atoms with Crippen LogP contribution in [0.1, 0.15) is 5.56 Å². The average Bonchev–Trinajstić information content (AvgIpc) is 2.32. The first-order valence-electron chi connectivity index (χ1n) is 4.94. The molecule has 17 heavy (non-hydrogen) atoms. The third-order valence-corrected chi connectivity index (χ3v) is 1.87. The van der Waals surface area contributed by atoms with Gasteiger partial charge in [-0.2, -0.15) is 5.26 Å². The number of amides is 1. The van der Waals surface area contributed by atoms with Crippen LogP contribution < -0.4 is 11.1 Å². The van der Waals surface area contributed by atoms with Crippen LogP contribution in [0, 0.1) is 17.1 Å². The Balaban J connectivity index is 2.57. The van der Waals surface area contributed by atoms with Crippen molar-refractivity contribution in [2.75, 3.05) is 25.1 Å². The Kier molecular flexibility index (Phi) is 5.07. The average molecular weight is 237 g/mol. The van der Waals surface area contributed by atoms with E-state index in [2.05, 4.69) is 5.32 Å². The molecule has 0 spiro atoms. The largest absolute Gasteiger partial charge is 0.370 e. The normalized spacial score (nSPS) is 9.71. The molecule has 0 heterocycles. The highest BCUT2D eigenvalue weighted by Gasteiger charge is 2.07. The van der Waals surface area contributed by atoms with E-state index >= 15 is 0 Å². The molecule has 5 nitrogen and oxygen atoms in total. The third-order valence-electron chi connectivity index (χ3n) is 1.87. The van der Waals surface area contributed by atoms with Crippen LogP contribution >= 0.6 is 0 Å². The number of halogens is 1. The summed E-state index contributed by atoms with van der Waals surface area (Å²) in [5.41, 5.74) is 5.39. The van der Waals surface area contributed by atoms with Gasteiger partial charge in [0.15, 0.2) is 0 Å². The lowest BCUT2D eigenvalue weighted by Crippen LogP contribution is -2.21. The Morgan fingerprint density at radius 3 is 2.94 bits per heavy atom. The van der Waals surface area contributed by atoms with Crippen molar-refractivity contribution in [1.29, 1.82) is 5.26 Å². The van der Waals surface area contributed by atoms with E-state index in [1.807, 2.05) is 0 Å². The molecule has 1 amide bonds. The van der Waals surface area contributed by atoms with Crippen LogP contribution in [0.5, 0.6) is 0 Å². The second-order valence-corrected chi connectivity index (χ2v) is 3.20. The van der Waals surface area contributed by atoms with Crippen LogP contribution in [0.3, 0.4) is 0 Å². The minimum absolute atomic E-state index is 0.0188. The Bertz CT molecular complexity index is 443. The predicted molar refractivity (Wildman–Crippen MR) is 59.6 cm³/mol.